The summed E-state index contributed by atoms with van der Waals surface area (Å²) in [5.74, 6) is 0. The van der Waals surface area contributed by atoms with Gasteiger partial charge in [-0.3, -0.25) is 4.98 Å². The Morgan fingerprint density at radius 1 is 0.862 bits per heavy atom. The van der Waals surface area contributed by atoms with Crippen molar-refractivity contribution in [2.24, 2.45) is 0 Å². The molecule has 150 valence electrons. The van der Waals surface area contributed by atoms with Crippen molar-refractivity contribution in [3.05, 3.63) is 89.7 Å². The van der Waals surface area contributed by atoms with Crippen molar-refractivity contribution in [1.82, 2.24) is 15.0 Å². The molecule has 0 atom stereocenters. The first kappa shape index (κ1) is 20.5. The molecule has 0 radical (unpaired) electrons. The van der Waals surface area contributed by atoms with Crippen molar-refractivity contribution in [3.8, 4) is 0 Å². The molecule has 0 saturated carbocycles. The van der Waals surface area contributed by atoms with E-state index in [-0.39, 0.29) is 17.5 Å². The van der Waals surface area contributed by atoms with Crippen LogP contribution in [0.15, 0.2) is 78.0 Å². The third-order valence-corrected chi connectivity index (χ3v) is 5.63. The fourth-order valence-electron chi connectivity index (χ4n) is 2.54. The topological polar surface area (TPSA) is 100 Å². The summed E-state index contributed by atoms with van der Waals surface area (Å²) in [6.07, 6.45) is 3.31. The molecular weight excluding hydrogens is 388 g/mol. The highest BCUT2D eigenvalue weighted by Gasteiger charge is 2.14. The average molecular weight is 410 g/mol. The van der Waals surface area contributed by atoms with Gasteiger partial charge < -0.3 is 10.6 Å². The molecule has 1 aromatic heterocycles. The Morgan fingerprint density at radius 3 is 2.14 bits per heavy atom. The Labute approximate surface area is 170 Å². The van der Waals surface area contributed by atoms with Crippen LogP contribution in [0.5, 0.6) is 0 Å². The molecule has 8 heteroatoms. The Kier molecular flexibility index (Phi) is 6.58. The second kappa shape index (κ2) is 9.31. The summed E-state index contributed by atoms with van der Waals surface area (Å²) < 4.78 is 27.5. The zero-order chi connectivity index (χ0) is 20.7. The van der Waals surface area contributed by atoms with E-state index in [2.05, 4.69) is 20.3 Å². The lowest BCUT2D eigenvalue weighted by Gasteiger charge is -2.10. The lowest BCUT2D eigenvalue weighted by atomic mass is 10.2. The van der Waals surface area contributed by atoms with Gasteiger partial charge >= 0.3 is 6.03 Å². The fourth-order valence-corrected chi connectivity index (χ4v) is 3.56. The van der Waals surface area contributed by atoms with Crippen molar-refractivity contribution in [3.63, 3.8) is 0 Å². The number of carbonyl (C=O) groups is 1. The molecule has 0 aliphatic heterocycles. The van der Waals surface area contributed by atoms with Crippen LogP contribution in [0, 0.1) is 6.92 Å². The van der Waals surface area contributed by atoms with Crippen LogP contribution in [0.2, 0.25) is 0 Å². The molecule has 0 aliphatic rings. The Balaban J connectivity index is 1.54. The molecule has 29 heavy (non-hydrogen) atoms. The predicted octanol–water partition coefficient (Wildman–Crippen LogP) is 3.19. The zero-order valence-corrected chi connectivity index (χ0v) is 16.7. The van der Waals surface area contributed by atoms with E-state index >= 15 is 0 Å². The number of urea groups is 1. The Morgan fingerprint density at radius 2 is 1.48 bits per heavy atom. The van der Waals surface area contributed by atoms with Crippen LogP contribution in [0.4, 0.5) is 10.5 Å². The van der Waals surface area contributed by atoms with Gasteiger partial charge in [-0.2, -0.15) is 0 Å². The number of aromatic nitrogens is 1. The molecule has 3 aromatic rings. The highest BCUT2D eigenvalue weighted by Crippen LogP contribution is 2.15. The number of nitrogens with zero attached hydrogens (tertiary/aromatic N) is 1. The number of sulfonamides is 1. The molecule has 0 saturated heterocycles. The van der Waals surface area contributed by atoms with Gasteiger partial charge in [-0.25, -0.2) is 17.9 Å². The van der Waals surface area contributed by atoms with Crippen LogP contribution in [-0.2, 0) is 23.1 Å². The van der Waals surface area contributed by atoms with Crippen LogP contribution in [0.3, 0.4) is 0 Å². The summed E-state index contributed by atoms with van der Waals surface area (Å²) in [6, 6.07) is 16.9. The maximum absolute atomic E-state index is 12.4. The first-order valence-electron chi connectivity index (χ1n) is 9.01. The zero-order valence-electron chi connectivity index (χ0n) is 15.9. The van der Waals surface area contributed by atoms with E-state index in [1.165, 1.54) is 12.1 Å². The van der Waals surface area contributed by atoms with E-state index in [4.69, 9.17) is 0 Å². The number of benzene rings is 2. The second-order valence-corrected chi connectivity index (χ2v) is 8.26. The van der Waals surface area contributed by atoms with Gasteiger partial charge in [0.25, 0.3) is 0 Å². The van der Waals surface area contributed by atoms with E-state index < -0.39 is 10.0 Å². The van der Waals surface area contributed by atoms with Crippen molar-refractivity contribution >= 4 is 21.7 Å². The summed E-state index contributed by atoms with van der Waals surface area (Å²) in [5, 5.41) is 5.40. The summed E-state index contributed by atoms with van der Waals surface area (Å²) in [7, 11) is -3.64. The molecule has 7 nitrogen and oxygen atoms in total. The summed E-state index contributed by atoms with van der Waals surface area (Å²) in [6.45, 7) is 2.55. The highest BCUT2D eigenvalue weighted by molar-refractivity contribution is 7.89. The van der Waals surface area contributed by atoms with Gasteiger partial charge in [-0.1, -0.05) is 29.8 Å². The third-order valence-electron chi connectivity index (χ3n) is 4.21. The van der Waals surface area contributed by atoms with Crippen LogP contribution < -0.4 is 15.4 Å². The van der Waals surface area contributed by atoms with Crippen LogP contribution in [0.1, 0.15) is 16.7 Å². The molecule has 0 fully saturated rings. The minimum atomic E-state index is -3.64. The van der Waals surface area contributed by atoms with Crippen molar-refractivity contribution in [1.29, 1.82) is 0 Å². The van der Waals surface area contributed by atoms with E-state index in [0.29, 0.717) is 12.2 Å². The molecule has 0 bridgehead atoms. The van der Waals surface area contributed by atoms with Gasteiger partial charge in [0, 0.05) is 31.2 Å². The smallest absolute Gasteiger partial charge is 0.319 e. The van der Waals surface area contributed by atoms with E-state index in [1.807, 2.05) is 43.3 Å². The third kappa shape index (κ3) is 6.13. The quantitative estimate of drug-likeness (QED) is 0.557. The number of hydrogen-bond acceptors (Lipinski definition) is 4. The lowest BCUT2D eigenvalue weighted by Crippen LogP contribution is -2.28. The van der Waals surface area contributed by atoms with Crippen molar-refractivity contribution in [2.75, 3.05) is 5.32 Å². The van der Waals surface area contributed by atoms with Crippen LogP contribution in [-0.4, -0.2) is 19.4 Å². The number of carbonyl (C=O) groups excluding carboxylic acids is 1. The maximum atomic E-state index is 12.4. The number of amides is 2. The van der Waals surface area contributed by atoms with Gasteiger partial charge in [0.05, 0.1) is 4.90 Å². The molecule has 2 amide bonds. The van der Waals surface area contributed by atoms with Crippen molar-refractivity contribution < 1.29 is 13.2 Å². The summed E-state index contributed by atoms with van der Waals surface area (Å²) >= 11 is 0. The molecule has 1 heterocycles. The van der Waals surface area contributed by atoms with Gasteiger partial charge in [-0.05, 0) is 54.4 Å². The number of pyridine rings is 1. The Bertz CT molecular complexity index is 1050. The molecule has 3 rings (SSSR count). The second-order valence-electron chi connectivity index (χ2n) is 6.50. The molecule has 0 spiro atoms. The summed E-state index contributed by atoms with van der Waals surface area (Å²) in [4.78, 5) is 16.0. The summed E-state index contributed by atoms with van der Waals surface area (Å²) in [5.41, 5.74) is 3.42. The lowest BCUT2D eigenvalue weighted by molar-refractivity contribution is 0.251. The minimum absolute atomic E-state index is 0.132. The van der Waals surface area contributed by atoms with Gasteiger partial charge in [-0.15, -0.1) is 0 Å². The first-order chi connectivity index (χ1) is 13.9. The van der Waals surface area contributed by atoms with E-state index in [9.17, 15) is 13.2 Å². The molecular formula is C21H22N4O3S. The largest absolute Gasteiger partial charge is 0.334 e. The number of anilines is 1. The monoisotopic (exact) mass is 410 g/mol. The fraction of sp³-hybridized carbons (Fsp3) is 0.143. The molecule has 0 aliphatic carbocycles. The van der Waals surface area contributed by atoms with Gasteiger partial charge in [0.15, 0.2) is 0 Å². The highest BCUT2D eigenvalue weighted by atomic mass is 32.2. The number of nitrogens with one attached hydrogen (secondary N) is 3. The minimum Gasteiger partial charge on any atom is -0.334 e. The number of aryl methyl sites for hydroxylation is 1. The predicted molar refractivity (Wildman–Crippen MR) is 112 cm³/mol. The standard InChI is InChI=1S/C21H22N4O3S/c1-16-2-4-17(5-3-16)15-24-29(27,28)20-8-6-19(7-9-20)25-21(26)23-14-18-10-12-22-13-11-18/h2-13,24H,14-15H2,1H3,(H2,23,25,26). The molecule has 0 unspecified atom stereocenters. The number of rotatable bonds is 7. The van der Waals surface area contributed by atoms with Crippen LogP contribution >= 0.6 is 0 Å². The SMILES string of the molecule is Cc1ccc(CNS(=O)(=O)c2ccc(NC(=O)NCc3ccncc3)cc2)cc1. The normalized spacial score (nSPS) is 11.1. The average Bonchev–Trinajstić information content (AvgIpc) is 2.73. The van der Waals surface area contributed by atoms with Gasteiger partial charge in [0.2, 0.25) is 10.0 Å². The first-order valence-corrected chi connectivity index (χ1v) is 10.5. The van der Waals surface area contributed by atoms with E-state index in [0.717, 1.165) is 16.7 Å². The Hall–Kier alpha value is -3.23. The van der Waals surface area contributed by atoms with Gasteiger partial charge in [0.1, 0.15) is 0 Å². The molecule has 3 N–H and O–H groups in total. The van der Waals surface area contributed by atoms with E-state index in [1.54, 1.807) is 24.5 Å². The number of hydrogen-bond donors (Lipinski definition) is 3. The maximum Gasteiger partial charge on any atom is 0.319 e. The van der Waals surface area contributed by atoms with Crippen LogP contribution in [0.25, 0.3) is 0 Å². The molecule has 2 aromatic carbocycles. The van der Waals surface area contributed by atoms with Crippen molar-refractivity contribution in [2.45, 2.75) is 24.9 Å².